The van der Waals surface area contributed by atoms with E-state index in [0.29, 0.717) is 16.8 Å². The fraction of sp³-hybridized carbons (Fsp3) is 0.278. The van der Waals surface area contributed by atoms with E-state index in [1.165, 1.54) is 6.20 Å². The lowest BCUT2D eigenvalue weighted by Gasteiger charge is -2.23. The lowest BCUT2D eigenvalue weighted by atomic mass is 10.1. The average Bonchev–Trinajstić information content (AvgIpc) is 2.63. The van der Waals surface area contributed by atoms with Crippen LogP contribution < -0.4 is 16.0 Å². The van der Waals surface area contributed by atoms with Crippen LogP contribution in [-0.4, -0.2) is 35.9 Å². The quantitative estimate of drug-likeness (QED) is 0.801. The van der Waals surface area contributed by atoms with Crippen molar-refractivity contribution in [2.45, 2.75) is 18.9 Å². The van der Waals surface area contributed by atoms with Crippen LogP contribution in [0.4, 0.5) is 5.69 Å². The second-order valence-electron chi connectivity index (χ2n) is 5.77. The third kappa shape index (κ3) is 4.17. The van der Waals surface area contributed by atoms with Gasteiger partial charge in [-0.2, -0.15) is 0 Å². The van der Waals surface area contributed by atoms with Crippen molar-refractivity contribution in [1.29, 1.82) is 0 Å². The molecule has 1 aromatic heterocycles. The highest BCUT2D eigenvalue weighted by atomic mass is 16.2. The van der Waals surface area contributed by atoms with Gasteiger partial charge in [0.25, 0.3) is 11.8 Å². The Bertz CT molecular complexity index is 712. The third-order valence-corrected chi connectivity index (χ3v) is 3.98. The number of hydrogen-bond acceptors (Lipinski definition) is 4. The van der Waals surface area contributed by atoms with Crippen LogP contribution in [0.3, 0.4) is 0 Å². The van der Waals surface area contributed by atoms with Crippen LogP contribution in [-0.2, 0) is 0 Å². The summed E-state index contributed by atoms with van der Waals surface area (Å²) >= 11 is 0. The Kier molecular flexibility index (Phi) is 5.18. The van der Waals surface area contributed by atoms with Gasteiger partial charge in [0.2, 0.25) is 0 Å². The Labute approximate surface area is 140 Å². The van der Waals surface area contributed by atoms with Crippen LogP contribution in [0, 0.1) is 0 Å². The van der Waals surface area contributed by atoms with Gasteiger partial charge in [0, 0.05) is 29.7 Å². The van der Waals surface area contributed by atoms with Gasteiger partial charge in [0.1, 0.15) is 0 Å². The molecule has 0 radical (unpaired) electrons. The van der Waals surface area contributed by atoms with E-state index in [2.05, 4.69) is 20.9 Å². The molecule has 1 fully saturated rings. The number of pyridine rings is 1. The van der Waals surface area contributed by atoms with E-state index in [1.54, 1.807) is 42.6 Å². The standard InChI is InChI=1S/C18H20N4O2/c23-17(21-15-6-9-19-10-7-15)13-3-1-5-16(11-13)22-18(24)14-4-2-8-20-12-14/h1-5,8,11-12,15,19H,6-7,9-10H2,(H,21,23)(H,22,24). The van der Waals surface area contributed by atoms with Gasteiger partial charge < -0.3 is 16.0 Å². The second kappa shape index (κ2) is 7.70. The minimum absolute atomic E-state index is 0.112. The molecule has 0 aliphatic carbocycles. The van der Waals surface area contributed by atoms with Gasteiger partial charge in [0.15, 0.2) is 0 Å². The first-order valence-electron chi connectivity index (χ1n) is 8.05. The fourth-order valence-corrected chi connectivity index (χ4v) is 2.67. The van der Waals surface area contributed by atoms with Gasteiger partial charge in [0.05, 0.1) is 5.56 Å². The van der Waals surface area contributed by atoms with Crippen LogP contribution in [0.25, 0.3) is 0 Å². The summed E-state index contributed by atoms with van der Waals surface area (Å²) in [6, 6.07) is 10.5. The van der Waals surface area contributed by atoms with E-state index in [1.807, 2.05) is 0 Å². The topological polar surface area (TPSA) is 83.1 Å². The maximum atomic E-state index is 12.4. The molecule has 24 heavy (non-hydrogen) atoms. The zero-order valence-electron chi connectivity index (χ0n) is 13.3. The molecule has 0 unspecified atom stereocenters. The minimum atomic E-state index is -0.251. The van der Waals surface area contributed by atoms with E-state index < -0.39 is 0 Å². The zero-order valence-corrected chi connectivity index (χ0v) is 13.3. The van der Waals surface area contributed by atoms with E-state index in [-0.39, 0.29) is 17.9 Å². The number of benzene rings is 1. The Morgan fingerprint density at radius 1 is 1.04 bits per heavy atom. The molecule has 3 rings (SSSR count). The smallest absolute Gasteiger partial charge is 0.257 e. The molecule has 1 aromatic carbocycles. The molecule has 0 atom stereocenters. The third-order valence-electron chi connectivity index (χ3n) is 3.98. The first kappa shape index (κ1) is 16.1. The molecule has 0 spiro atoms. The number of aromatic nitrogens is 1. The summed E-state index contributed by atoms with van der Waals surface area (Å²) in [6.45, 7) is 1.85. The Balaban J connectivity index is 1.65. The van der Waals surface area contributed by atoms with E-state index in [9.17, 15) is 9.59 Å². The monoisotopic (exact) mass is 324 g/mol. The highest BCUT2D eigenvalue weighted by Gasteiger charge is 2.16. The van der Waals surface area contributed by atoms with Crippen molar-refractivity contribution in [2.24, 2.45) is 0 Å². The Hall–Kier alpha value is -2.73. The lowest BCUT2D eigenvalue weighted by Crippen LogP contribution is -2.42. The summed E-state index contributed by atoms with van der Waals surface area (Å²) in [5, 5.41) is 9.10. The summed E-state index contributed by atoms with van der Waals surface area (Å²) < 4.78 is 0. The molecule has 1 aliphatic rings. The van der Waals surface area contributed by atoms with Crippen LogP contribution >= 0.6 is 0 Å². The van der Waals surface area contributed by atoms with Gasteiger partial charge in [-0.15, -0.1) is 0 Å². The molecule has 6 heteroatoms. The van der Waals surface area contributed by atoms with Crippen LogP contribution in [0.1, 0.15) is 33.6 Å². The average molecular weight is 324 g/mol. The highest BCUT2D eigenvalue weighted by molar-refractivity contribution is 6.04. The zero-order chi connectivity index (χ0) is 16.8. The van der Waals surface area contributed by atoms with E-state index in [4.69, 9.17) is 0 Å². The van der Waals surface area contributed by atoms with Crippen molar-refractivity contribution in [2.75, 3.05) is 18.4 Å². The maximum absolute atomic E-state index is 12.4. The molecule has 1 aliphatic heterocycles. The number of anilines is 1. The first-order chi connectivity index (χ1) is 11.7. The normalized spacial score (nSPS) is 14.8. The van der Waals surface area contributed by atoms with Crippen LogP contribution in [0.15, 0.2) is 48.8 Å². The van der Waals surface area contributed by atoms with Crippen molar-refractivity contribution < 1.29 is 9.59 Å². The molecule has 3 N–H and O–H groups in total. The maximum Gasteiger partial charge on any atom is 0.257 e. The number of piperidine rings is 1. The number of amides is 2. The summed E-state index contributed by atoms with van der Waals surface area (Å²) in [5.41, 5.74) is 1.60. The summed E-state index contributed by atoms with van der Waals surface area (Å²) in [4.78, 5) is 28.4. The largest absolute Gasteiger partial charge is 0.349 e. The second-order valence-corrected chi connectivity index (χ2v) is 5.77. The van der Waals surface area contributed by atoms with Crippen LogP contribution in [0.5, 0.6) is 0 Å². The number of carbonyl (C=O) groups is 2. The van der Waals surface area contributed by atoms with E-state index in [0.717, 1.165) is 25.9 Å². The van der Waals surface area contributed by atoms with Crippen molar-refractivity contribution in [3.63, 3.8) is 0 Å². The summed E-state index contributed by atoms with van der Waals surface area (Å²) in [6.07, 6.45) is 4.98. The molecule has 124 valence electrons. The number of rotatable bonds is 4. The van der Waals surface area contributed by atoms with Gasteiger partial charge in [-0.25, -0.2) is 0 Å². The molecular formula is C18H20N4O2. The lowest BCUT2D eigenvalue weighted by molar-refractivity contribution is 0.0928. The van der Waals surface area contributed by atoms with Crippen molar-refractivity contribution in [3.05, 3.63) is 59.9 Å². The molecule has 1 saturated heterocycles. The molecule has 2 amide bonds. The number of nitrogens with one attached hydrogen (secondary N) is 3. The molecule has 0 bridgehead atoms. The molecular weight excluding hydrogens is 304 g/mol. The highest BCUT2D eigenvalue weighted by Crippen LogP contribution is 2.13. The van der Waals surface area contributed by atoms with Crippen molar-refractivity contribution >= 4 is 17.5 Å². The van der Waals surface area contributed by atoms with E-state index >= 15 is 0 Å². The predicted molar refractivity (Wildman–Crippen MR) is 92.0 cm³/mol. The number of nitrogens with zero attached hydrogens (tertiary/aromatic N) is 1. The van der Waals surface area contributed by atoms with Crippen LogP contribution in [0.2, 0.25) is 0 Å². The molecule has 2 aromatic rings. The fourth-order valence-electron chi connectivity index (χ4n) is 2.67. The molecule has 2 heterocycles. The van der Waals surface area contributed by atoms with Gasteiger partial charge >= 0.3 is 0 Å². The predicted octanol–water partition coefficient (Wildman–Crippen LogP) is 1.82. The molecule has 0 saturated carbocycles. The van der Waals surface area contributed by atoms with Gasteiger partial charge in [-0.1, -0.05) is 6.07 Å². The Morgan fingerprint density at radius 3 is 2.58 bits per heavy atom. The molecule has 6 nitrogen and oxygen atoms in total. The number of carbonyl (C=O) groups excluding carboxylic acids is 2. The van der Waals surface area contributed by atoms with Gasteiger partial charge in [-0.3, -0.25) is 14.6 Å². The summed E-state index contributed by atoms with van der Waals surface area (Å²) in [5.74, 6) is -0.363. The van der Waals surface area contributed by atoms with Crippen molar-refractivity contribution in [3.8, 4) is 0 Å². The number of hydrogen-bond donors (Lipinski definition) is 3. The van der Waals surface area contributed by atoms with Gasteiger partial charge in [-0.05, 0) is 56.3 Å². The Morgan fingerprint density at radius 2 is 1.83 bits per heavy atom. The minimum Gasteiger partial charge on any atom is -0.349 e. The first-order valence-corrected chi connectivity index (χ1v) is 8.05. The SMILES string of the molecule is O=C(Nc1cccc(C(=O)NC2CCNCC2)c1)c1cccnc1. The summed E-state index contributed by atoms with van der Waals surface area (Å²) in [7, 11) is 0. The van der Waals surface area contributed by atoms with Crippen molar-refractivity contribution in [1.82, 2.24) is 15.6 Å².